The van der Waals surface area contributed by atoms with Crippen molar-refractivity contribution in [3.8, 4) is 11.5 Å². The number of hydrogen-bond donors (Lipinski definition) is 2. The molecule has 0 saturated carbocycles. The van der Waals surface area contributed by atoms with Gasteiger partial charge in [-0.25, -0.2) is 4.79 Å². The van der Waals surface area contributed by atoms with E-state index in [2.05, 4.69) is 15.5 Å². The number of methoxy groups -OCH3 is 1. The van der Waals surface area contributed by atoms with Crippen LogP contribution in [0.2, 0.25) is 0 Å². The Bertz CT molecular complexity index is 1100. The second-order valence-electron chi connectivity index (χ2n) is 8.62. The zero-order valence-electron chi connectivity index (χ0n) is 19.9. The van der Waals surface area contributed by atoms with Gasteiger partial charge in [0.2, 0.25) is 5.91 Å². The lowest BCUT2D eigenvalue weighted by atomic mass is 10.0. The maximum atomic E-state index is 12.7. The van der Waals surface area contributed by atoms with Crippen molar-refractivity contribution in [2.45, 2.75) is 18.9 Å². The number of amides is 1. The zero-order chi connectivity index (χ0) is 24.5. The van der Waals surface area contributed by atoms with E-state index in [1.54, 1.807) is 12.1 Å². The van der Waals surface area contributed by atoms with Crippen LogP contribution in [-0.2, 0) is 16.0 Å². The van der Waals surface area contributed by atoms with Crippen molar-refractivity contribution in [1.29, 1.82) is 0 Å². The van der Waals surface area contributed by atoms with Gasteiger partial charge < -0.3 is 20.1 Å². The minimum absolute atomic E-state index is 0.0372. The molecule has 1 aliphatic heterocycles. The van der Waals surface area contributed by atoms with E-state index in [1.807, 2.05) is 66.7 Å². The topological polar surface area (TPSA) is 79.9 Å². The first-order valence-electron chi connectivity index (χ1n) is 11.8. The summed E-state index contributed by atoms with van der Waals surface area (Å²) in [6.45, 7) is 2.88. The molecule has 3 aromatic rings. The van der Waals surface area contributed by atoms with Gasteiger partial charge in [0.1, 0.15) is 11.5 Å². The number of carbonyl (C=O) groups is 2. The Morgan fingerprint density at radius 2 is 1.69 bits per heavy atom. The second-order valence-corrected chi connectivity index (χ2v) is 8.62. The molecule has 1 fully saturated rings. The molecule has 1 unspecified atom stereocenters. The number of benzene rings is 3. The predicted octanol–water partition coefficient (Wildman–Crippen LogP) is 4.11. The second kappa shape index (κ2) is 12.1. The molecule has 0 radical (unpaired) electrons. The molecule has 7 nitrogen and oxygen atoms in total. The van der Waals surface area contributed by atoms with Gasteiger partial charge >= 0.3 is 5.97 Å². The van der Waals surface area contributed by atoms with Crippen LogP contribution in [0, 0.1) is 0 Å². The maximum absolute atomic E-state index is 12.7. The van der Waals surface area contributed by atoms with Crippen LogP contribution in [0.4, 0.5) is 5.69 Å². The smallest absolute Gasteiger partial charge is 0.337 e. The van der Waals surface area contributed by atoms with Crippen molar-refractivity contribution in [2.75, 3.05) is 38.6 Å². The molecule has 7 heteroatoms. The normalized spacial score (nSPS) is 16.2. The summed E-state index contributed by atoms with van der Waals surface area (Å²) >= 11 is 0. The molecule has 1 aliphatic rings. The third kappa shape index (κ3) is 7.40. The first-order valence-corrected chi connectivity index (χ1v) is 11.8. The Kier molecular flexibility index (Phi) is 8.48. The number of esters is 1. The Balaban J connectivity index is 1.27. The monoisotopic (exact) mass is 473 g/mol. The summed E-state index contributed by atoms with van der Waals surface area (Å²) in [4.78, 5) is 26.5. The highest BCUT2D eigenvalue weighted by atomic mass is 16.5. The summed E-state index contributed by atoms with van der Waals surface area (Å²) in [6.07, 6.45) is 1.80. The molecule has 4 rings (SSSR count). The fraction of sp³-hybridized carbons (Fsp3) is 0.286. The van der Waals surface area contributed by atoms with E-state index in [9.17, 15) is 9.59 Å². The van der Waals surface area contributed by atoms with Crippen molar-refractivity contribution in [1.82, 2.24) is 10.2 Å². The van der Waals surface area contributed by atoms with E-state index in [4.69, 9.17) is 9.47 Å². The third-order valence-corrected chi connectivity index (χ3v) is 5.90. The molecule has 2 N–H and O–H groups in total. The summed E-state index contributed by atoms with van der Waals surface area (Å²) in [5.41, 5.74) is 2.42. The molecule has 0 aliphatic carbocycles. The number of carbonyl (C=O) groups excluding carboxylic acids is 2. The molecule has 0 spiro atoms. The van der Waals surface area contributed by atoms with Crippen LogP contribution in [0.15, 0.2) is 78.9 Å². The lowest BCUT2D eigenvalue weighted by Gasteiger charge is -2.24. The molecule has 1 saturated heterocycles. The molecule has 0 aromatic heterocycles. The lowest BCUT2D eigenvalue weighted by Crippen LogP contribution is -2.42. The standard InChI is InChI=1S/C28H31N3O4/c1-34-28(33)22-10-8-21(9-11-22)18-24-19-31(17-5-16-29-24)20-27(32)30-23-12-14-26(15-13-23)35-25-6-3-2-4-7-25/h2-4,6-15,24,29H,5,16-20H2,1H3,(H,30,32). The van der Waals surface area contributed by atoms with Gasteiger partial charge in [-0.2, -0.15) is 0 Å². The summed E-state index contributed by atoms with van der Waals surface area (Å²) in [7, 11) is 1.38. The van der Waals surface area contributed by atoms with Crippen molar-refractivity contribution >= 4 is 17.6 Å². The van der Waals surface area contributed by atoms with Crippen molar-refractivity contribution in [2.24, 2.45) is 0 Å². The molecule has 1 amide bonds. The fourth-order valence-electron chi connectivity index (χ4n) is 4.17. The van der Waals surface area contributed by atoms with E-state index in [1.165, 1.54) is 7.11 Å². The number of nitrogens with zero attached hydrogens (tertiary/aromatic N) is 1. The number of hydrogen-bond acceptors (Lipinski definition) is 6. The largest absolute Gasteiger partial charge is 0.465 e. The van der Waals surface area contributed by atoms with Crippen LogP contribution in [0.25, 0.3) is 0 Å². The third-order valence-electron chi connectivity index (χ3n) is 5.90. The van der Waals surface area contributed by atoms with E-state index in [0.717, 1.165) is 55.2 Å². The van der Waals surface area contributed by atoms with Crippen molar-refractivity contribution in [3.63, 3.8) is 0 Å². The predicted molar refractivity (Wildman–Crippen MR) is 136 cm³/mol. The van der Waals surface area contributed by atoms with Gasteiger partial charge in [-0.1, -0.05) is 30.3 Å². The number of rotatable bonds is 8. The van der Waals surface area contributed by atoms with E-state index < -0.39 is 0 Å². The van der Waals surface area contributed by atoms with Gasteiger partial charge in [0.25, 0.3) is 0 Å². The zero-order valence-corrected chi connectivity index (χ0v) is 19.9. The van der Waals surface area contributed by atoms with Gasteiger partial charge in [0.05, 0.1) is 19.2 Å². The van der Waals surface area contributed by atoms with Gasteiger partial charge in [0.15, 0.2) is 0 Å². The average molecular weight is 474 g/mol. The highest BCUT2D eigenvalue weighted by Gasteiger charge is 2.20. The van der Waals surface area contributed by atoms with Gasteiger partial charge in [-0.05, 0) is 80.0 Å². The number of ether oxygens (including phenoxy) is 2. The van der Waals surface area contributed by atoms with E-state index in [0.29, 0.717) is 12.1 Å². The summed E-state index contributed by atoms with van der Waals surface area (Å²) < 4.78 is 10.6. The first-order chi connectivity index (χ1) is 17.1. The van der Waals surface area contributed by atoms with Crippen LogP contribution in [0.1, 0.15) is 22.3 Å². The van der Waals surface area contributed by atoms with Gasteiger partial charge in [-0.3, -0.25) is 9.69 Å². The van der Waals surface area contributed by atoms with E-state index >= 15 is 0 Å². The Morgan fingerprint density at radius 3 is 2.40 bits per heavy atom. The molecular formula is C28H31N3O4. The molecule has 182 valence electrons. The highest BCUT2D eigenvalue weighted by molar-refractivity contribution is 5.92. The van der Waals surface area contributed by atoms with Crippen LogP contribution in [0.3, 0.4) is 0 Å². The molecular weight excluding hydrogens is 442 g/mol. The number of nitrogens with one attached hydrogen (secondary N) is 2. The Hall–Kier alpha value is -3.68. The lowest BCUT2D eigenvalue weighted by molar-refractivity contribution is -0.117. The maximum Gasteiger partial charge on any atom is 0.337 e. The molecule has 35 heavy (non-hydrogen) atoms. The van der Waals surface area contributed by atoms with Crippen LogP contribution < -0.4 is 15.4 Å². The van der Waals surface area contributed by atoms with Crippen LogP contribution >= 0.6 is 0 Å². The summed E-state index contributed by atoms with van der Waals surface area (Å²) in [5.74, 6) is 1.12. The van der Waals surface area contributed by atoms with Gasteiger partial charge in [-0.15, -0.1) is 0 Å². The van der Waals surface area contributed by atoms with Crippen LogP contribution in [0.5, 0.6) is 11.5 Å². The Labute approximate surface area is 206 Å². The number of anilines is 1. The summed E-state index contributed by atoms with van der Waals surface area (Å²) in [6, 6.07) is 24.7. The fourth-order valence-corrected chi connectivity index (χ4v) is 4.17. The first kappa shape index (κ1) is 24.4. The molecule has 1 heterocycles. The summed E-state index contributed by atoms with van der Waals surface area (Å²) in [5, 5.41) is 6.57. The van der Waals surface area contributed by atoms with Crippen molar-refractivity contribution < 1.29 is 19.1 Å². The number of para-hydroxylation sites is 1. The minimum atomic E-state index is -0.334. The quantitative estimate of drug-likeness (QED) is 0.480. The average Bonchev–Trinajstić information content (AvgIpc) is 3.10. The van der Waals surface area contributed by atoms with Gasteiger partial charge in [0, 0.05) is 18.3 Å². The van der Waals surface area contributed by atoms with Crippen LogP contribution in [-0.4, -0.2) is 56.1 Å². The Morgan fingerprint density at radius 1 is 0.971 bits per heavy atom. The molecule has 3 aromatic carbocycles. The van der Waals surface area contributed by atoms with Crippen molar-refractivity contribution in [3.05, 3.63) is 90.0 Å². The van der Waals surface area contributed by atoms with E-state index in [-0.39, 0.29) is 17.9 Å². The molecule has 0 bridgehead atoms. The molecule has 1 atom stereocenters. The highest BCUT2D eigenvalue weighted by Crippen LogP contribution is 2.22. The SMILES string of the molecule is COC(=O)c1ccc(CC2CN(CC(=O)Nc3ccc(Oc4ccccc4)cc3)CCCN2)cc1. The minimum Gasteiger partial charge on any atom is -0.465 e.